The lowest BCUT2D eigenvalue weighted by atomic mass is 9.57. The van der Waals surface area contributed by atoms with E-state index in [9.17, 15) is 19.4 Å². The molecule has 2 fully saturated rings. The molecule has 0 saturated heterocycles. The molecule has 2 N–H and O–H groups in total. The number of halogens is 1. The van der Waals surface area contributed by atoms with Gasteiger partial charge in [-0.1, -0.05) is 12.1 Å². The number of benzene rings is 1. The van der Waals surface area contributed by atoms with Gasteiger partial charge in [-0.05, 0) is 62.1 Å². The van der Waals surface area contributed by atoms with Crippen molar-refractivity contribution in [2.75, 3.05) is 0 Å². The van der Waals surface area contributed by atoms with Gasteiger partial charge in [0.05, 0.1) is 12.0 Å². The first-order chi connectivity index (χ1) is 9.83. The first-order valence-corrected chi connectivity index (χ1v) is 7.54. The van der Waals surface area contributed by atoms with Crippen LogP contribution in [0.4, 0.5) is 4.39 Å². The second-order valence-corrected chi connectivity index (χ2v) is 6.99. The van der Waals surface area contributed by atoms with Crippen molar-refractivity contribution in [3.63, 3.8) is 0 Å². The van der Waals surface area contributed by atoms with E-state index in [1.54, 1.807) is 12.1 Å². The molecule has 0 spiro atoms. The molecule has 1 aromatic rings. The highest BCUT2D eigenvalue weighted by Gasteiger charge is 2.58. The Bertz CT molecular complexity index is 534. The molecule has 0 aromatic heterocycles. The average Bonchev–Trinajstić information content (AvgIpc) is 2.59. The standard InChI is InChI=1S/C17H21FO3/c1-16(21)8-12-2-3-13(9-16)17(12,10-15(19)20)11-4-6-14(18)7-5-11/h4-7,12-13,21H,2-3,8-10H2,1H3,(H,19,20). The third kappa shape index (κ3) is 2.35. The fraction of sp³-hybridized carbons (Fsp3) is 0.588. The van der Waals surface area contributed by atoms with E-state index in [4.69, 9.17) is 0 Å². The molecule has 114 valence electrons. The lowest BCUT2D eigenvalue weighted by Gasteiger charge is -2.48. The van der Waals surface area contributed by atoms with Crippen LogP contribution in [0.2, 0.25) is 0 Å². The van der Waals surface area contributed by atoms with Gasteiger partial charge in [0.1, 0.15) is 5.82 Å². The van der Waals surface area contributed by atoms with E-state index in [1.165, 1.54) is 12.1 Å². The van der Waals surface area contributed by atoms with E-state index < -0.39 is 17.0 Å². The summed E-state index contributed by atoms with van der Waals surface area (Å²) in [6, 6.07) is 6.27. The van der Waals surface area contributed by atoms with Crippen LogP contribution in [-0.4, -0.2) is 21.8 Å². The molecule has 0 radical (unpaired) electrons. The maximum Gasteiger partial charge on any atom is 0.304 e. The molecule has 2 saturated carbocycles. The predicted molar refractivity (Wildman–Crippen MR) is 76.4 cm³/mol. The van der Waals surface area contributed by atoms with E-state index in [0.29, 0.717) is 12.8 Å². The van der Waals surface area contributed by atoms with Crippen molar-refractivity contribution >= 4 is 5.97 Å². The second kappa shape index (κ2) is 4.80. The Labute approximate surface area is 123 Å². The largest absolute Gasteiger partial charge is 0.481 e. The summed E-state index contributed by atoms with van der Waals surface area (Å²) in [5.74, 6) is -0.835. The molecule has 2 bridgehead atoms. The minimum atomic E-state index is -0.822. The molecule has 3 nitrogen and oxygen atoms in total. The molecule has 0 aliphatic heterocycles. The van der Waals surface area contributed by atoms with E-state index in [0.717, 1.165) is 18.4 Å². The maximum absolute atomic E-state index is 13.2. The molecular formula is C17H21FO3. The SMILES string of the molecule is CC1(O)CC2CCC(C1)C2(CC(=O)O)c1ccc(F)cc1. The number of rotatable bonds is 3. The monoisotopic (exact) mass is 292 g/mol. The van der Waals surface area contributed by atoms with Gasteiger partial charge < -0.3 is 10.2 Å². The van der Waals surface area contributed by atoms with Crippen LogP contribution in [0.1, 0.15) is 44.6 Å². The Morgan fingerprint density at radius 3 is 2.24 bits per heavy atom. The molecule has 2 atom stereocenters. The van der Waals surface area contributed by atoms with Crippen LogP contribution in [0.15, 0.2) is 24.3 Å². The van der Waals surface area contributed by atoms with Gasteiger partial charge >= 0.3 is 5.97 Å². The molecule has 21 heavy (non-hydrogen) atoms. The van der Waals surface area contributed by atoms with Crippen molar-refractivity contribution in [2.24, 2.45) is 11.8 Å². The van der Waals surface area contributed by atoms with Gasteiger partial charge in [0.2, 0.25) is 0 Å². The number of fused-ring (bicyclic) bond motifs is 2. The van der Waals surface area contributed by atoms with Gasteiger partial charge in [-0.25, -0.2) is 4.39 Å². The van der Waals surface area contributed by atoms with Crippen LogP contribution < -0.4 is 0 Å². The fourth-order valence-corrected chi connectivity index (χ4v) is 4.84. The Morgan fingerprint density at radius 1 is 1.24 bits per heavy atom. The summed E-state index contributed by atoms with van der Waals surface area (Å²) in [6.07, 6.45) is 3.17. The first-order valence-electron chi connectivity index (χ1n) is 7.54. The minimum Gasteiger partial charge on any atom is -0.481 e. The van der Waals surface area contributed by atoms with E-state index in [2.05, 4.69) is 0 Å². The number of carbonyl (C=O) groups is 1. The summed E-state index contributed by atoms with van der Waals surface area (Å²) in [5, 5.41) is 19.8. The average molecular weight is 292 g/mol. The van der Waals surface area contributed by atoms with Crippen molar-refractivity contribution in [3.8, 4) is 0 Å². The summed E-state index contributed by atoms with van der Waals surface area (Å²) >= 11 is 0. The van der Waals surface area contributed by atoms with E-state index in [-0.39, 0.29) is 24.1 Å². The normalized spacial score (nSPS) is 38.4. The molecular weight excluding hydrogens is 271 g/mol. The van der Waals surface area contributed by atoms with Crippen molar-refractivity contribution in [1.82, 2.24) is 0 Å². The lowest BCUT2D eigenvalue weighted by Crippen LogP contribution is -2.49. The van der Waals surface area contributed by atoms with E-state index in [1.807, 2.05) is 6.92 Å². The second-order valence-electron chi connectivity index (χ2n) is 6.99. The Morgan fingerprint density at radius 2 is 1.76 bits per heavy atom. The van der Waals surface area contributed by atoms with Crippen LogP contribution in [0.25, 0.3) is 0 Å². The van der Waals surface area contributed by atoms with Crippen molar-refractivity contribution < 1.29 is 19.4 Å². The van der Waals surface area contributed by atoms with Crippen LogP contribution >= 0.6 is 0 Å². The molecule has 0 amide bonds. The summed E-state index contributed by atoms with van der Waals surface area (Å²) in [5.41, 5.74) is -0.260. The van der Waals surface area contributed by atoms with Gasteiger partial charge in [-0.3, -0.25) is 4.79 Å². The van der Waals surface area contributed by atoms with Crippen LogP contribution in [0, 0.1) is 17.7 Å². The molecule has 0 heterocycles. The van der Waals surface area contributed by atoms with E-state index >= 15 is 0 Å². The van der Waals surface area contributed by atoms with Crippen molar-refractivity contribution in [2.45, 2.75) is 50.0 Å². The van der Waals surface area contributed by atoms with Gasteiger partial charge in [-0.2, -0.15) is 0 Å². The Balaban J connectivity index is 2.07. The predicted octanol–water partition coefficient (Wildman–Crippen LogP) is 3.11. The van der Waals surface area contributed by atoms with Gasteiger partial charge in [-0.15, -0.1) is 0 Å². The van der Waals surface area contributed by atoms with Crippen LogP contribution in [0.3, 0.4) is 0 Å². The topological polar surface area (TPSA) is 57.5 Å². The number of aliphatic carboxylic acids is 1. The molecule has 2 aliphatic rings. The Hall–Kier alpha value is -1.42. The summed E-state index contributed by atoms with van der Waals surface area (Å²) in [4.78, 5) is 11.5. The first kappa shape index (κ1) is 14.5. The third-order valence-corrected chi connectivity index (χ3v) is 5.52. The molecule has 2 aliphatic carbocycles. The van der Waals surface area contributed by atoms with Crippen molar-refractivity contribution in [3.05, 3.63) is 35.6 Å². The highest BCUT2D eigenvalue weighted by Crippen LogP contribution is 2.60. The maximum atomic E-state index is 13.2. The number of hydrogen-bond acceptors (Lipinski definition) is 2. The van der Waals surface area contributed by atoms with Crippen LogP contribution in [0.5, 0.6) is 0 Å². The molecule has 1 aromatic carbocycles. The highest BCUT2D eigenvalue weighted by atomic mass is 19.1. The number of hydrogen-bond donors (Lipinski definition) is 2. The quantitative estimate of drug-likeness (QED) is 0.900. The zero-order valence-electron chi connectivity index (χ0n) is 12.2. The summed E-state index contributed by atoms with van der Waals surface area (Å²) < 4.78 is 13.2. The minimum absolute atomic E-state index is 0.0596. The van der Waals surface area contributed by atoms with Gasteiger partial charge in [0.15, 0.2) is 0 Å². The zero-order valence-corrected chi connectivity index (χ0v) is 12.2. The molecule has 2 unspecified atom stereocenters. The third-order valence-electron chi connectivity index (χ3n) is 5.52. The fourth-order valence-electron chi connectivity index (χ4n) is 4.84. The zero-order chi connectivity index (χ0) is 15.3. The highest BCUT2D eigenvalue weighted by molar-refractivity contribution is 5.69. The number of carboxylic acid groups (broad SMARTS) is 1. The van der Waals surface area contributed by atoms with Crippen LogP contribution in [-0.2, 0) is 10.2 Å². The lowest BCUT2D eigenvalue weighted by molar-refractivity contribution is -0.141. The Kier molecular flexibility index (Phi) is 3.32. The number of aliphatic hydroxyl groups is 1. The van der Waals surface area contributed by atoms with Gasteiger partial charge in [0.25, 0.3) is 0 Å². The smallest absolute Gasteiger partial charge is 0.304 e. The van der Waals surface area contributed by atoms with Gasteiger partial charge in [0, 0.05) is 5.41 Å². The number of carboxylic acids is 1. The molecule has 4 heteroatoms. The summed E-state index contributed by atoms with van der Waals surface area (Å²) in [6.45, 7) is 1.84. The van der Waals surface area contributed by atoms with Crippen molar-refractivity contribution in [1.29, 1.82) is 0 Å². The summed E-state index contributed by atoms with van der Waals surface area (Å²) in [7, 11) is 0. The molecule has 3 rings (SSSR count).